The van der Waals surface area contributed by atoms with Crippen LogP contribution in [0.25, 0.3) is 41.8 Å². The van der Waals surface area contributed by atoms with E-state index in [4.69, 9.17) is 22.1 Å². The molecule has 0 saturated carbocycles. The van der Waals surface area contributed by atoms with Gasteiger partial charge in [-0.2, -0.15) is 0 Å². The molecule has 0 aromatic heterocycles. The summed E-state index contributed by atoms with van der Waals surface area (Å²) in [5, 5.41) is 0. The van der Waals surface area contributed by atoms with Crippen molar-refractivity contribution in [2.75, 3.05) is 0 Å². The highest BCUT2D eigenvalue weighted by molar-refractivity contribution is 6.72. The van der Waals surface area contributed by atoms with E-state index in [0.717, 1.165) is 0 Å². The maximum absolute atomic E-state index is 8.02. The zero-order chi connectivity index (χ0) is 10.2. The van der Waals surface area contributed by atoms with Crippen LogP contribution in [0, 0.1) is 0 Å². The van der Waals surface area contributed by atoms with Gasteiger partial charge in [0.25, 0.3) is 0 Å². The first-order valence-corrected chi connectivity index (χ1v) is 4.28. The van der Waals surface area contributed by atoms with Gasteiger partial charge in [0.15, 0.2) is 0 Å². The molecule has 0 aromatic carbocycles. The van der Waals surface area contributed by atoms with Crippen molar-refractivity contribution in [1.82, 2.24) is 0 Å². The van der Waals surface area contributed by atoms with E-state index < -0.39 is 8.72 Å². The molecule has 0 heterocycles. The number of azide groups is 1. The average Bonchev–Trinajstić information content (AvgIpc) is 2.06. The van der Waals surface area contributed by atoms with Crippen LogP contribution in [0.3, 0.4) is 0 Å². The standard InChI is InChI=1S/N12Si/c1-5-9-13(10-6-2,11-7-3)12-8-4. The molecule has 13 heavy (non-hydrogen) atoms. The summed E-state index contributed by atoms with van der Waals surface area (Å²) in [7, 11) is -3.96. The minimum absolute atomic E-state index is 2.26. The molecule has 0 aromatic rings. The zero-order valence-electron chi connectivity index (χ0n) is 5.87. The molecule has 0 rings (SSSR count). The van der Waals surface area contributed by atoms with Crippen LogP contribution in [0.4, 0.5) is 0 Å². The van der Waals surface area contributed by atoms with Crippen LogP contribution in [-0.2, 0) is 0 Å². The van der Waals surface area contributed by atoms with Gasteiger partial charge in [-0.05, 0) is 41.8 Å². The molecule has 0 atom stereocenters. The number of hydrogen-bond donors (Lipinski definition) is 0. The highest BCUT2D eigenvalue weighted by Crippen LogP contribution is 2.12. The monoisotopic (exact) mass is 196 g/mol. The fourth-order valence-corrected chi connectivity index (χ4v) is 1.08. The second-order valence-corrected chi connectivity index (χ2v) is 3.36. The molecule has 13 heteroatoms. The first kappa shape index (κ1) is 10.5. The average molecular weight is 196 g/mol. The fraction of sp³-hybridized carbons (Fsp3) is 0. The van der Waals surface area contributed by atoms with E-state index in [0.29, 0.717) is 0 Å². The summed E-state index contributed by atoms with van der Waals surface area (Å²) in [6.07, 6.45) is 0. The van der Waals surface area contributed by atoms with Crippen molar-refractivity contribution in [3.63, 3.8) is 0 Å². The van der Waals surface area contributed by atoms with Gasteiger partial charge in [-0.15, -0.1) is 19.1 Å². The van der Waals surface area contributed by atoms with Crippen LogP contribution < -0.4 is 0 Å². The van der Waals surface area contributed by atoms with Gasteiger partial charge < -0.3 is 0 Å². The molecule has 12 nitrogen and oxygen atoms in total. The van der Waals surface area contributed by atoms with Gasteiger partial charge in [-0.3, -0.25) is 0 Å². The molecule has 0 radical (unpaired) electrons. The minimum atomic E-state index is -3.96. The van der Waals surface area contributed by atoms with Crippen LogP contribution in [0.15, 0.2) is 19.1 Å². The molecule has 64 valence electrons. The molecule has 0 aliphatic rings. The smallest absolute Gasteiger partial charge is 0.104 e. The van der Waals surface area contributed by atoms with Crippen LogP contribution in [0.2, 0.25) is 0 Å². The van der Waals surface area contributed by atoms with Crippen LogP contribution in [0.1, 0.15) is 0 Å². The highest BCUT2D eigenvalue weighted by Gasteiger charge is 2.30. The Morgan fingerprint density at radius 2 is 0.846 bits per heavy atom. The SMILES string of the molecule is [N-]=[N+]=N[Si](N=[N+]=[N-])(N=[N+]=[N-])N=[N+]=[N-]. The molecule has 0 spiro atoms. The van der Waals surface area contributed by atoms with Gasteiger partial charge in [-0.25, -0.2) is 0 Å². The van der Waals surface area contributed by atoms with Crippen molar-refractivity contribution in [3.8, 4) is 0 Å². The predicted octanol–water partition coefficient (Wildman–Crippen LogP) is 2.66. The van der Waals surface area contributed by atoms with Crippen molar-refractivity contribution in [2.24, 2.45) is 19.1 Å². The van der Waals surface area contributed by atoms with E-state index in [1.165, 1.54) is 0 Å². The van der Waals surface area contributed by atoms with Crippen LogP contribution >= 0.6 is 0 Å². The Morgan fingerprint density at radius 3 is 1.00 bits per heavy atom. The summed E-state index contributed by atoms with van der Waals surface area (Å²) in [4.78, 5) is 9.02. The number of rotatable bonds is 4. The van der Waals surface area contributed by atoms with Crippen molar-refractivity contribution in [1.29, 1.82) is 0 Å². The van der Waals surface area contributed by atoms with Gasteiger partial charge in [0.05, 0.1) is 0 Å². The third kappa shape index (κ3) is 2.90. The lowest BCUT2D eigenvalue weighted by molar-refractivity contribution is 1.27. The maximum Gasteiger partial charge on any atom is 0.441 e. The molecule has 0 unspecified atom stereocenters. The van der Waals surface area contributed by atoms with Crippen LogP contribution in [0.5, 0.6) is 0 Å². The van der Waals surface area contributed by atoms with Crippen molar-refractivity contribution >= 4 is 8.72 Å². The Hall–Kier alpha value is -2.54. The van der Waals surface area contributed by atoms with Gasteiger partial charge in [0.1, 0.15) is 0 Å². The molecule has 0 aliphatic carbocycles. The Labute approximate surface area is 70.6 Å². The topological polar surface area (TPSA) is 195 Å². The predicted molar refractivity (Wildman–Crippen MR) is 42.3 cm³/mol. The van der Waals surface area contributed by atoms with E-state index in [9.17, 15) is 0 Å². The minimum Gasteiger partial charge on any atom is -0.104 e. The van der Waals surface area contributed by atoms with Gasteiger partial charge in [0, 0.05) is 0 Å². The Kier molecular flexibility index (Phi) is 4.14. The largest absolute Gasteiger partial charge is 0.441 e. The Bertz CT molecular complexity index is 284. The number of nitrogens with zero attached hydrogens (tertiary/aromatic N) is 12. The van der Waals surface area contributed by atoms with E-state index in [-0.39, 0.29) is 0 Å². The summed E-state index contributed by atoms with van der Waals surface area (Å²) in [5.74, 6) is 0. The fourth-order valence-electron chi connectivity index (χ4n) is 0.360. The first-order valence-electron chi connectivity index (χ1n) is 2.49. The summed E-state index contributed by atoms with van der Waals surface area (Å²) in [6.45, 7) is 0. The zero-order valence-corrected chi connectivity index (χ0v) is 6.87. The molecule has 0 aliphatic heterocycles. The molecule has 0 amide bonds. The summed E-state index contributed by atoms with van der Waals surface area (Å²) >= 11 is 0. The van der Waals surface area contributed by atoms with Gasteiger partial charge in [-0.1, -0.05) is 0 Å². The van der Waals surface area contributed by atoms with E-state index >= 15 is 0 Å². The highest BCUT2D eigenvalue weighted by atomic mass is 28.4. The quantitative estimate of drug-likeness (QED) is 0.276. The van der Waals surface area contributed by atoms with Gasteiger partial charge in [0.2, 0.25) is 0 Å². The molecule has 0 N–H and O–H groups in total. The lowest BCUT2D eigenvalue weighted by atomic mass is 12.9. The third-order valence-corrected chi connectivity index (χ3v) is 2.15. The van der Waals surface area contributed by atoms with Crippen molar-refractivity contribution < 1.29 is 0 Å². The lowest BCUT2D eigenvalue weighted by Crippen LogP contribution is -2.21. The van der Waals surface area contributed by atoms with E-state index in [1.54, 1.807) is 0 Å². The Balaban J connectivity index is 5.52. The molecule has 0 bridgehead atoms. The maximum atomic E-state index is 8.02. The number of hydrogen-bond acceptors (Lipinski definition) is 4. The summed E-state index contributed by atoms with van der Waals surface area (Å²) in [6, 6.07) is 0. The van der Waals surface area contributed by atoms with E-state index in [2.05, 4.69) is 38.8 Å². The summed E-state index contributed by atoms with van der Waals surface area (Å²) in [5.41, 5.74) is 32.1. The van der Waals surface area contributed by atoms with Crippen LogP contribution in [-0.4, -0.2) is 8.72 Å². The van der Waals surface area contributed by atoms with E-state index in [1.807, 2.05) is 0 Å². The van der Waals surface area contributed by atoms with Crippen molar-refractivity contribution in [2.45, 2.75) is 0 Å². The normalized spacial score (nSPS) is 11.7. The molecular formula is N12Si. The lowest BCUT2D eigenvalue weighted by Gasteiger charge is -2.01. The second-order valence-electron chi connectivity index (χ2n) is 1.36. The molecule has 0 fully saturated rings. The second kappa shape index (κ2) is 5.15. The third-order valence-electron chi connectivity index (χ3n) is 0.716. The van der Waals surface area contributed by atoms with Crippen molar-refractivity contribution in [3.05, 3.63) is 41.8 Å². The molecule has 0 saturated heterocycles. The molecular weight excluding hydrogens is 196 g/mol. The summed E-state index contributed by atoms with van der Waals surface area (Å²) < 4.78 is 11.5. The Morgan fingerprint density at radius 1 is 0.615 bits per heavy atom. The van der Waals surface area contributed by atoms with Gasteiger partial charge >= 0.3 is 8.72 Å². The first-order chi connectivity index (χ1) is 6.24.